The minimum atomic E-state index is -0.506. The lowest BCUT2D eigenvalue weighted by atomic mass is 9.87. The predicted molar refractivity (Wildman–Crippen MR) is 52.7 cm³/mol. The van der Waals surface area contributed by atoms with E-state index in [0.717, 1.165) is 12.8 Å². The molecule has 0 saturated carbocycles. The zero-order chi connectivity index (χ0) is 10.7. The molecular formula is C10H19NO3. The molecule has 0 bridgehead atoms. The van der Waals surface area contributed by atoms with Gasteiger partial charge in [0.05, 0.1) is 19.3 Å². The number of ether oxygens (including phenoxy) is 2. The average Bonchev–Trinajstić information content (AvgIpc) is 2.14. The molecule has 2 N–H and O–H groups in total. The number of carbonyl (C=O) groups is 1. The summed E-state index contributed by atoms with van der Waals surface area (Å²) in [5.41, 5.74) is 5.80. The molecule has 3 atom stereocenters. The monoisotopic (exact) mass is 201 g/mol. The molecule has 82 valence electrons. The molecule has 0 aromatic carbocycles. The fraction of sp³-hybridized carbons (Fsp3) is 0.900. The molecule has 0 radical (unpaired) electrons. The SMILES string of the molecule is COC(=O)[C@@H](N)C1C[C@@H](C)O[C@H](C)C1. The van der Waals surface area contributed by atoms with Crippen LogP contribution in [0.4, 0.5) is 0 Å². The second-order valence-corrected chi connectivity index (χ2v) is 4.04. The highest BCUT2D eigenvalue weighted by Gasteiger charge is 2.32. The first kappa shape index (κ1) is 11.5. The Labute approximate surface area is 84.7 Å². The summed E-state index contributed by atoms with van der Waals surface area (Å²) in [6.07, 6.45) is 2.03. The van der Waals surface area contributed by atoms with Crippen molar-refractivity contribution >= 4 is 5.97 Å². The molecule has 0 amide bonds. The van der Waals surface area contributed by atoms with Crippen molar-refractivity contribution in [1.29, 1.82) is 0 Å². The van der Waals surface area contributed by atoms with Crippen LogP contribution in [0.25, 0.3) is 0 Å². The number of nitrogens with two attached hydrogens (primary N) is 1. The predicted octanol–water partition coefficient (Wildman–Crippen LogP) is 0.690. The summed E-state index contributed by atoms with van der Waals surface area (Å²) in [6.45, 7) is 4.01. The summed E-state index contributed by atoms with van der Waals surface area (Å²) < 4.78 is 10.2. The number of carbonyl (C=O) groups excluding carboxylic acids is 1. The molecule has 1 fully saturated rings. The van der Waals surface area contributed by atoms with E-state index in [2.05, 4.69) is 4.74 Å². The van der Waals surface area contributed by atoms with Gasteiger partial charge in [0.25, 0.3) is 0 Å². The Morgan fingerprint density at radius 3 is 2.36 bits per heavy atom. The molecule has 0 aliphatic carbocycles. The summed E-state index contributed by atoms with van der Waals surface area (Å²) >= 11 is 0. The topological polar surface area (TPSA) is 61.5 Å². The van der Waals surface area contributed by atoms with Gasteiger partial charge >= 0.3 is 5.97 Å². The second-order valence-electron chi connectivity index (χ2n) is 4.04. The number of esters is 1. The molecule has 0 aromatic rings. The molecule has 4 nitrogen and oxygen atoms in total. The van der Waals surface area contributed by atoms with E-state index in [1.165, 1.54) is 7.11 Å². The Morgan fingerprint density at radius 1 is 1.43 bits per heavy atom. The van der Waals surface area contributed by atoms with E-state index >= 15 is 0 Å². The Hall–Kier alpha value is -0.610. The van der Waals surface area contributed by atoms with Gasteiger partial charge in [-0.1, -0.05) is 0 Å². The molecule has 4 heteroatoms. The van der Waals surface area contributed by atoms with Gasteiger partial charge in [-0.15, -0.1) is 0 Å². The smallest absolute Gasteiger partial charge is 0.322 e. The Bertz CT molecular complexity index is 198. The standard InChI is InChI=1S/C10H19NO3/c1-6-4-8(5-7(2)14-6)9(11)10(12)13-3/h6-9H,4-5,11H2,1-3H3/t6-,7-,9+/m1/s1. The maximum Gasteiger partial charge on any atom is 0.322 e. The van der Waals surface area contributed by atoms with Crippen molar-refractivity contribution in [3.05, 3.63) is 0 Å². The van der Waals surface area contributed by atoms with Crippen LogP contribution in [0.5, 0.6) is 0 Å². The van der Waals surface area contributed by atoms with E-state index in [1.807, 2.05) is 13.8 Å². The lowest BCUT2D eigenvalue weighted by molar-refractivity contribution is -0.145. The van der Waals surface area contributed by atoms with Crippen LogP contribution in [-0.2, 0) is 14.3 Å². The van der Waals surface area contributed by atoms with Gasteiger partial charge in [-0.05, 0) is 32.6 Å². The van der Waals surface area contributed by atoms with Gasteiger partial charge in [-0.3, -0.25) is 4.79 Å². The van der Waals surface area contributed by atoms with E-state index in [0.29, 0.717) is 0 Å². The van der Waals surface area contributed by atoms with Gasteiger partial charge in [0, 0.05) is 0 Å². The molecule has 0 aromatic heterocycles. The van der Waals surface area contributed by atoms with E-state index < -0.39 is 6.04 Å². The quantitative estimate of drug-likeness (QED) is 0.668. The Morgan fingerprint density at radius 2 is 1.93 bits per heavy atom. The lowest BCUT2D eigenvalue weighted by Gasteiger charge is -2.34. The Kier molecular flexibility index (Phi) is 3.89. The first-order chi connectivity index (χ1) is 6.54. The van der Waals surface area contributed by atoms with E-state index in [1.54, 1.807) is 0 Å². The maximum absolute atomic E-state index is 11.2. The van der Waals surface area contributed by atoms with Crippen molar-refractivity contribution in [2.45, 2.75) is 44.9 Å². The number of rotatable bonds is 2. The van der Waals surface area contributed by atoms with E-state index in [4.69, 9.17) is 10.5 Å². The minimum Gasteiger partial charge on any atom is -0.468 e. The van der Waals surface area contributed by atoms with Crippen LogP contribution in [0.2, 0.25) is 0 Å². The maximum atomic E-state index is 11.2. The van der Waals surface area contributed by atoms with Crippen LogP contribution < -0.4 is 5.73 Å². The number of hydrogen-bond donors (Lipinski definition) is 1. The number of methoxy groups -OCH3 is 1. The van der Waals surface area contributed by atoms with Crippen molar-refractivity contribution in [1.82, 2.24) is 0 Å². The first-order valence-corrected chi connectivity index (χ1v) is 5.03. The van der Waals surface area contributed by atoms with Crippen LogP contribution in [0, 0.1) is 5.92 Å². The summed E-state index contributed by atoms with van der Waals surface area (Å²) in [4.78, 5) is 11.2. The molecule has 1 aliphatic heterocycles. The third-order valence-corrected chi connectivity index (χ3v) is 2.72. The van der Waals surface area contributed by atoms with Crippen LogP contribution in [0.1, 0.15) is 26.7 Å². The molecule has 14 heavy (non-hydrogen) atoms. The highest BCUT2D eigenvalue weighted by atomic mass is 16.5. The van der Waals surface area contributed by atoms with E-state index in [9.17, 15) is 4.79 Å². The van der Waals surface area contributed by atoms with Gasteiger partial charge in [-0.2, -0.15) is 0 Å². The zero-order valence-electron chi connectivity index (χ0n) is 9.03. The summed E-state index contributed by atoms with van der Waals surface area (Å²) in [7, 11) is 1.37. The van der Waals surface area contributed by atoms with Crippen molar-refractivity contribution in [2.24, 2.45) is 11.7 Å². The van der Waals surface area contributed by atoms with Crippen molar-refractivity contribution in [3.8, 4) is 0 Å². The molecule has 1 rings (SSSR count). The largest absolute Gasteiger partial charge is 0.468 e. The van der Waals surface area contributed by atoms with Gasteiger partial charge < -0.3 is 15.2 Å². The second kappa shape index (κ2) is 4.75. The highest BCUT2D eigenvalue weighted by Crippen LogP contribution is 2.26. The molecule has 0 spiro atoms. The molecule has 0 unspecified atom stereocenters. The third kappa shape index (κ3) is 2.69. The molecule has 1 heterocycles. The van der Waals surface area contributed by atoms with Gasteiger partial charge in [-0.25, -0.2) is 0 Å². The summed E-state index contributed by atoms with van der Waals surface area (Å²) in [5.74, 6) is -0.141. The van der Waals surface area contributed by atoms with E-state index in [-0.39, 0.29) is 24.1 Å². The van der Waals surface area contributed by atoms with Crippen molar-refractivity contribution in [3.63, 3.8) is 0 Å². The molecule has 1 saturated heterocycles. The minimum absolute atomic E-state index is 0.180. The summed E-state index contributed by atoms with van der Waals surface area (Å²) in [6, 6.07) is -0.506. The number of hydrogen-bond acceptors (Lipinski definition) is 4. The van der Waals surface area contributed by atoms with Crippen LogP contribution in [0.3, 0.4) is 0 Å². The zero-order valence-corrected chi connectivity index (χ0v) is 9.03. The first-order valence-electron chi connectivity index (χ1n) is 5.03. The highest BCUT2D eigenvalue weighted by molar-refractivity contribution is 5.75. The fourth-order valence-corrected chi connectivity index (χ4v) is 2.08. The van der Waals surface area contributed by atoms with Crippen LogP contribution in [-0.4, -0.2) is 31.3 Å². The average molecular weight is 201 g/mol. The van der Waals surface area contributed by atoms with Crippen LogP contribution >= 0.6 is 0 Å². The molecule has 1 aliphatic rings. The normalized spacial score (nSPS) is 35.0. The van der Waals surface area contributed by atoms with Gasteiger partial charge in [0.2, 0.25) is 0 Å². The van der Waals surface area contributed by atoms with Crippen LogP contribution in [0.15, 0.2) is 0 Å². The fourth-order valence-electron chi connectivity index (χ4n) is 2.08. The van der Waals surface area contributed by atoms with Crippen molar-refractivity contribution in [2.75, 3.05) is 7.11 Å². The van der Waals surface area contributed by atoms with Crippen molar-refractivity contribution < 1.29 is 14.3 Å². The third-order valence-electron chi connectivity index (χ3n) is 2.72. The van der Waals surface area contributed by atoms with Gasteiger partial charge in [0.1, 0.15) is 6.04 Å². The summed E-state index contributed by atoms with van der Waals surface area (Å²) in [5, 5.41) is 0. The molecular weight excluding hydrogens is 182 g/mol. The lowest BCUT2D eigenvalue weighted by Crippen LogP contribution is -2.44. The van der Waals surface area contributed by atoms with Gasteiger partial charge in [0.15, 0.2) is 0 Å². The Balaban J connectivity index is 2.54.